The molecule has 1 aliphatic rings. The zero-order chi connectivity index (χ0) is 19.2. The fraction of sp³-hybridized carbons (Fsp3) is 0.391. The van der Waals surface area contributed by atoms with Crippen molar-refractivity contribution in [2.75, 3.05) is 6.61 Å². The van der Waals surface area contributed by atoms with Gasteiger partial charge in [-0.1, -0.05) is 69.2 Å². The highest BCUT2D eigenvalue weighted by molar-refractivity contribution is 5.91. The summed E-state index contributed by atoms with van der Waals surface area (Å²) in [4.78, 5) is 24.4. The monoisotopic (exact) mass is 365 g/mol. The molecule has 0 aliphatic heterocycles. The molecule has 27 heavy (non-hydrogen) atoms. The third-order valence-electron chi connectivity index (χ3n) is 5.62. The molecule has 0 unspecified atom stereocenters. The number of nitrogens with one attached hydrogen (secondary N) is 1. The van der Waals surface area contributed by atoms with E-state index >= 15 is 0 Å². The van der Waals surface area contributed by atoms with Gasteiger partial charge in [0.1, 0.15) is 0 Å². The molecule has 142 valence electrons. The molecule has 1 N–H and O–H groups in total. The highest BCUT2D eigenvalue weighted by atomic mass is 16.5. The van der Waals surface area contributed by atoms with E-state index in [4.69, 9.17) is 4.74 Å². The summed E-state index contributed by atoms with van der Waals surface area (Å²) >= 11 is 0. The molecule has 1 saturated carbocycles. The molecule has 2 aromatic carbocycles. The van der Waals surface area contributed by atoms with E-state index in [0.717, 1.165) is 24.0 Å². The standard InChI is InChI=1S/C23H27NO3/c1-16-7-6-10-21(17(16)2)24-22(25)15-27-23(26)20-13-11-19(12-14-20)18-8-4-3-5-9-18/h3-5,8-9,11-14,16-17,21H,6-7,10,15H2,1-2H3,(H,24,25)/t16-,17-,21+/m1/s1. The third-order valence-corrected chi connectivity index (χ3v) is 5.62. The van der Waals surface area contributed by atoms with Gasteiger partial charge in [0.25, 0.3) is 5.91 Å². The van der Waals surface area contributed by atoms with Crippen LogP contribution >= 0.6 is 0 Å². The molecule has 1 amide bonds. The van der Waals surface area contributed by atoms with Crippen LogP contribution in [0.5, 0.6) is 0 Å². The third kappa shape index (κ3) is 4.97. The first kappa shape index (κ1) is 19.2. The lowest BCUT2D eigenvalue weighted by molar-refractivity contribution is -0.125. The second-order valence-corrected chi connectivity index (χ2v) is 7.46. The van der Waals surface area contributed by atoms with Crippen LogP contribution in [0.2, 0.25) is 0 Å². The Kier molecular flexibility index (Phi) is 6.28. The predicted molar refractivity (Wildman–Crippen MR) is 106 cm³/mol. The SMILES string of the molecule is C[C@@H]1[C@H](C)CCC[C@@H]1NC(=O)COC(=O)c1ccc(-c2ccccc2)cc1. The minimum absolute atomic E-state index is 0.171. The first-order chi connectivity index (χ1) is 13.0. The van der Waals surface area contributed by atoms with Crippen molar-refractivity contribution in [3.8, 4) is 11.1 Å². The van der Waals surface area contributed by atoms with Crippen molar-refractivity contribution in [3.63, 3.8) is 0 Å². The van der Waals surface area contributed by atoms with Crippen molar-refractivity contribution in [2.45, 2.75) is 39.2 Å². The van der Waals surface area contributed by atoms with E-state index in [1.807, 2.05) is 42.5 Å². The van der Waals surface area contributed by atoms with Gasteiger partial charge < -0.3 is 10.1 Å². The summed E-state index contributed by atoms with van der Waals surface area (Å²) in [6, 6.07) is 17.4. The van der Waals surface area contributed by atoms with Crippen molar-refractivity contribution < 1.29 is 14.3 Å². The fourth-order valence-corrected chi connectivity index (χ4v) is 3.68. The molecule has 4 heteroatoms. The van der Waals surface area contributed by atoms with E-state index in [9.17, 15) is 9.59 Å². The zero-order valence-electron chi connectivity index (χ0n) is 16.0. The Morgan fingerprint density at radius 2 is 1.63 bits per heavy atom. The van der Waals surface area contributed by atoms with Crippen molar-refractivity contribution >= 4 is 11.9 Å². The minimum atomic E-state index is -0.477. The van der Waals surface area contributed by atoms with Crippen LogP contribution in [0.3, 0.4) is 0 Å². The summed E-state index contributed by atoms with van der Waals surface area (Å²) in [5, 5.41) is 3.02. The number of rotatable bonds is 5. The molecule has 3 atom stereocenters. The van der Waals surface area contributed by atoms with Gasteiger partial charge >= 0.3 is 5.97 Å². The first-order valence-corrected chi connectivity index (χ1v) is 9.66. The first-order valence-electron chi connectivity index (χ1n) is 9.66. The minimum Gasteiger partial charge on any atom is -0.452 e. The number of carbonyl (C=O) groups is 2. The highest BCUT2D eigenvalue weighted by Crippen LogP contribution is 2.29. The maximum absolute atomic E-state index is 12.2. The number of hydrogen-bond acceptors (Lipinski definition) is 3. The Bertz CT molecular complexity index is 770. The van der Waals surface area contributed by atoms with Gasteiger partial charge in [0.05, 0.1) is 5.56 Å². The van der Waals surface area contributed by atoms with Crippen molar-refractivity contribution in [1.82, 2.24) is 5.32 Å². The number of esters is 1. The van der Waals surface area contributed by atoms with Gasteiger partial charge in [-0.05, 0) is 41.5 Å². The number of ether oxygens (including phenoxy) is 1. The molecular weight excluding hydrogens is 338 g/mol. The van der Waals surface area contributed by atoms with E-state index in [1.54, 1.807) is 12.1 Å². The van der Waals surface area contributed by atoms with Gasteiger partial charge in [-0.3, -0.25) is 4.79 Å². The maximum Gasteiger partial charge on any atom is 0.338 e. The summed E-state index contributed by atoms with van der Waals surface area (Å²) in [5.41, 5.74) is 2.57. The van der Waals surface area contributed by atoms with Crippen LogP contribution in [-0.4, -0.2) is 24.5 Å². The van der Waals surface area contributed by atoms with Crippen LogP contribution in [0.15, 0.2) is 54.6 Å². The van der Waals surface area contributed by atoms with Gasteiger partial charge in [-0.25, -0.2) is 4.79 Å². The number of hydrogen-bond donors (Lipinski definition) is 1. The Balaban J connectivity index is 1.51. The molecule has 1 aliphatic carbocycles. The van der Waals surface area contributed by atoms with Gasteiger partial charge in [-0.2, -0.15) is 0 Å². The van der Waals surface area contributed by atoms with E-state index < -0.39 is 5.97 Å². The summed E-state index contributed by atoms with van der Waals surface area (Å²) in [7, 11) is 0. The summed E-state index contributed by atoms with van der Waals surface area (Å²) in [6.45, 7) is 4.16. The number of amides is 1. The molecule has 4 nitrogen and oxygen atoms in total. The quantitative estimate of drug-likeness (QED) is 0.797. The molecule has 0 radical (unpaired) electrons. The Hall–Kier alpha value is -2.62. The van der Waals surface area contributed by atoms with Crippen molar-refractivity contribution in [1.29, 1.82) is 0 Å². The molecule has 0 aromatic heterocycles. The van der Waals surface area contributed by atoms with E-state index in [2.05, 4.69) is 19.2 Å². The van der Waals surface area contributed by atoms with Gasteiger partial charge in [-0.15, -0.1) is 0 Å². The van der Waals surface area contributed by atoms with Crippen molar-refractivity contribution in [3.05, 3.63) is 60.2 Å². The molecule has 0 saturated heterocycles. The Labute approximate surface area is 160 Å². The largest absolute Gasteiger partial charge is 0.452 e. The van der Waals surface area contributed by atoms with Crippen LogP contribution in [0, 0.1) is 11.8 Å². The van der Waals surface area contributed by atoms with Crippen molar-refractivity contribution in [2.24, 2.45) is 11.8 Å². The number of carbonyl (C=O) groups excluding carboxylic acids is 2. The van der Waals surface area contributed by atoms with E-state index in [0.29, 0.717) is 17.4 Å². The second kappa shape index (κ2) is 8.85. The maximum atomic E-state index is 12.2. The Morgan fingerprint density at radius 3 is 2.33 bits per heavy atom. The fourth-order valence-electron chi connectivity index (χ4n) is 3.68. The van der Waals surface area contributed by atoms with Crippen LogP contribution in [0.4, 0.5) is 0 Å². The molecule has 0 spiro atoms. The van der Waals surface area contributed by atoms with E-state index in [-0.39, 0.29) is 18.6 Å². The zero-order valence-corrected chi connectivity index (χ0v) is 16.0. The molecule has 0 bridgehead atoms. The molecular formula is C23H27NO3. The predicted octanol–water partition coefficient (Wildman–Crippen LogP) is 4.45. The van der Waals surface area contributed by atoms with Gasteiger partial charge in [0.2, 0.25) is 0 Å². The number of benzene rings is 2. The topological polar surface area (TPSA) is 55.4 Å². The summed E-state index contributed by atoms with van der Waals surface area (Å²) < 4.78 is 5.19. The van der Waals surface area contributed by atoms with Crippen LogP contribution in [-0.2, 0) is 9.53 Å². The molecule has 2 aromatic rings. The van der Waals surface area contributed by atoms with Crippen LogP contribution < -0.4 is 5.32 Å². The van der Waals surface area contributed by atoms with Crippen LogP contribution in [0.25, 0.3) is 11.1 Å². The highest BCUT2D eigenvalue weighted by Gasteiger charge is 2.28. The lowest BCUT2D eigenvalue weighted by Gasteiger charge is -2.34. The van der Waals surface area contributed by atoms with Gasteiger partial charge in [0.15, 0.2) is 6.61 Å². The summed E-state index contributed by atoms with van der Waals surface area (Å²) in [6.07, 6.45) is 3.33. The van der Waals surface area contributed by atoms with E-state index in [1.165, 1.54) is 6.42 Å². The van der Waals surface area contributed by atoms with Crippen LogP contribution in [0.1, 0.15) is 43.5 Å². The molecule has 3 rings (SSSR count). The smallest absolute Gasteiger partial charge is 0.338 e. The Morgan fingerprint density at radius 1 is 0.963 bits per heavy atom. The lowest BCUT2D eigenvalue weighted by Crippen LogP contribution is -2.45. The molecule has 1 fully saturated rings. The molecule has 0 heterocycles. The lowest BCUT2D eigenvalue weighted by atomic mass is 9.78. The average molecular weight is 365 g/mol. The summed E-state index contributed by atoms with van der Waals surface area (Å²) in [5.74, 6) is 0.351. The normalized spacial score (nSPS) is 22.1. The second-order valence-electron chi connectivity index (χ2n) is 7.46. The van der Waals surface area contributed by atoms with Gasteiger partial charge in [0, 0.05) is 6.04 Å². The average Bonchev–Trinajstić information content (AvgIpc) is 2.70.